The van der Waals surface area contributed by atoms with E-state index >= 15 is 0 Å². The highest BCUT2D eigenvalue weighted by molar-refractivity contribution is 7.89. The summed E-state index contributed by atoms with van der Waals surface area (Å²) in [6.45, 7) is -0.386. The highest BCUT2D eigenvalue weighted by Gasteiger charge is 2.38. The Bertz CT molecular complexity index is 717. The van der Waals surface area contributed by atoms with Gasteiger partial charge >= 0.3 is 12.1 Å². The van der Waals surface area contributed by atoms with Crippen LogP contribution in [0.3, 0.4) is 0 Å². The lowest BCUT2D eigenvalue weighted by Crippen LogP contribution is -2.27. The van der Waals surface area contributed by atoms with Crippen molar-refractivity contribution in [2.45, 2.75) is 23.9 Å². The highest BCUT2D eigenvalue weighted by atomic mass is 32.2. The van der Waals surface area contributed by atoms with Crippen LogP contribution in [0, 0.1) is 10.1 Å². The molecule has 0 fully saturated rings. The Labute approximate surface area is 128 Å². The smallest absolute Gasteiger partial charge is 0.417 e. The van der Waals surface area contributed by atoms with Gasteiger partial charge in [-0.05, 0) is 12.5 Å². The maximum Gasteiger partial charge on any atom is 0.417 e. The van der Waals surface area contributed by atoms with Crippen LogP contribution in [0.25, 0.3) is 0 Å². The molecule has 0 spiro atoms. The molecule has 0 aliphatic carbocycles. The molecule has 0 radical (unpaired) electrons. The van der Waals surface area contributed by atoms with Crippen molar-refractivity contribution in [3.63, 3.8) is 0 Å². The number of non-ortho nitro benzene ring substituents is 1. The van der Waals surface area contributed by atoms with Crippen molar-refractivity contribution in [2.24, 2.45) is 0 Å². The Morgan fingerprint density at radius 2 is 1.96 bits per heavy atom. The first-order valence-corrected chi connectivity index (χ1v) is 7.50. The summed E-state index contributed by atoms with van der Waals surface area (Å²) in [5.74, 6) is -1.18. The molecule has 0 saturated carbocycles. The Kier molecular flexibility index (Phi) is 5.66. The van der Waals surface area contributed by atoms with E-state index in [0.717, 1.165) is 0 Å². The van der Waals surface area contributed by atoms with E-state index < -0.39 is 43.2 Å². The summed E-state index contributed by atoms with van der Waals surface area (Å²) in [6.07, 6.45) is -5.60. The van der Waals surface area contributed by atoms with E-state index in [2.05, 4.69) is 0 Å². The molecule has 0 amide bonds. The summed E-state index contributed by atoms with van der Waals surface area (Å²) < 4.78 is 64.4. The molecule has 0 aliphatic rings. The van der Waals surface area contributed by atoms with E-state index in [1.54, 1.807) is 0 Å². The zero-order valence-electron chi connectivity index (χ0n) is 11.3. The molecule has 1 aromatic rings. The van der Waals surface area contributed by atoms with Crippen LogP contribution in [0.2, 0.25) is 0 Å². The average molecular weight is 356 g/mol. The first-order chi connectivity index (χ1) is 10.4. The molecule has 8 nitrogen and oxygen atoms in total. The van der Waals surface area contributed by atoms with Crippen molar-refractivity contribution in [3.8, 4) is 0 Å². The highest BCUT2D eigenvalue weighted by Crippen LogP contribution is 2.36. The number of rotatable bonds is 7. The summed E-state index contributed by atoms with van der Waals surface area (Å²) >= 11 is 0. The predicted octanol–water partition coefficient (Wildman–Crippen LogP) is 1.76. The number of aliphatic carboxylic acids is 1. The zero-order chi connectivity index (χ0) is 17.8. The minimum absolute atomic E-state index is 0.122. The van der Waals surface area contributed by atoms with Gasteiger partial charge in [-0.15, -0.1) is 0 Å². The van der Waals surface area contributed by atoms with Gasteiger partial charge in [0.1, 0.15) is 0 Å². The molecule has 1 rings (SSSR count). The molecular weight excluding hydrogens is 345 g/mol. The molecule has 0 unspecified atom stereocenters. The molecular formula is C11H11F3N2O6S. The zero-order valence-corrected chi connectivity index (χ0v) is 12.1. The van der Waals surface area contributed by atoms with Gasteiger partial charge in [-0.1, -0.05) is 0 Å². The summed E-state index contributed by atoms with van der Waals surface area (Å²) in [4.78, 5) is 18.6. The maximum absolute atomic E-state index is 12.9. The van der Waals surface area contributed by atoms with Gasteiger partial charge < -0.3 is 5.11 Å². The molecule has 1 aromatic carbocycles. The number of nitrogens with one attached hydrogen (secondary N) is 1. The molecule has 0 aliphatic heterocycles. The quantitative estimate of drug-likeness (QED) is 0.435. The van der Waals surface area contributed by atoms with E-state index in [0.29, 0.717) is 12.1 Å². The minimum Gasteiger partial charge on any atom is -0.481 e. The fourth-order valence-electron chi connectivity index (χ4n) is 1.61. The SMILES string of the molecule is O=C(O)CCCNS(=O)(=O)c1ccc([N+](=O)[O-])cc1C(F)(F)F. The van der Waals surface area contributed by atoms with Crippen LogP contribution in [0.5, 0.6) is 0 Å². The van der Waals surface area contributed by atoms with Crippen molar-refractivity contribution in [1.29, 1.82) is 0 Å². The number of benzene rings is 1. The van der Waals surface area contributed by atoms with Gasteiger partial charge in [0.15, 0.2) is 0 Å². The lowest BCUT2D eigenvalue weighted by Gasteiger charge is -2.13. The number of carboxylic acid groups (broad SMARTS) is 1. The van der Waals surface area contributed by atoms with Crippen LogP contribution in [0.15, 0.2) is 23.1 Å². The summed E-state index contributed by atoms with van der Waals surface area (Å²) in [5.41, 5.74) is -2.57. The van der Waals surface area contributed by atoms with Crippen LogP contribution >= 0.6 is 0 Å². The fourth-order valence-corrected chi connectivity index (χ4v) is 2.89. The lowest BCUT2D eigenvalue weighted by molar-refractivity contribution is -0.385. The second kappa shape index (κ2) is 6.91. The number of nitrogens with zero attached hydrogens (tertiary/aromatic N) is 1. The molecule has 2 N–H and O–H groups in total. The Morgan fingerprint density at radius 3 is 2.43 bits per heavy atom. The van der Waals surface area contributed by atoms with Crippen LogP contribution in [-0.2, 0) is 21.0 Å². The number of carboxylic acids is 1. The van der Waals surface area contributed by atoms with Gasteiger partial charge in [-0.3, -0.25) is 14.9 Å². The van der Waals surface area contributed by atoms with Gasteiger partial charge in [-0.2, -0.15) is 13.2 Å². The van der Waals surface area contributed by atoms with Crippen molar-refractivity contribution in [3.05, 3.63) is 33.9 Å². The summed E-state index contributed by atoms with van der Waals surface area (Å²) in [5, 5.41) is 18.9. The van der Waals surface area contributed by atoms with E-state index in [1.807, 2.05) is 4.72 Å². The van der Waals surface area contributed by atoms with Gasteiger partial charge in [0.25, 0.3) is 5.69 Å². The predicted molar refractivity (Wildman–Crippen MR) is 70.2 cm³/mol. The van der Waals surface area contributed by atoms with Gasteiger partial charge in [0.05, 0.1) is 15.4 Å². The van der Waals surface area contributed by atoms with E-state index in [4.69, 9.17) is 5.11 Å². The van der Waals surface area contributed by atoms with Crippen LogP contribution < -0.4 is 4.72 Å². The lowest BCUT2D eigenvalue weighted by atomic mass is 10.2. The van der Waals surface area contributed by atoms with Crippen LogP contribution in [0.4, 0.5) is 18.9 Å². The van der Waals surface area contributed by atoms with Crippen molar-refractivity contribution >= 4 is 21.7 Å². The monoisotopic (exact) mass is 356 g/mol. The third-order valence-corrected chi connectivity index (χ3v) is 4.15. The van der Waals surface area contributed by atoms with Crippen LogP contribution in [-0.4, -0.2) is 31.0 Å². The van der Waals surface area contributed by atoms with E-state index in [1.165, 1.54) is 0 Å². The number of nitro groups is 1. The van der Waals surface area contributed by atoms with Gasteiger partial charge in [-0.25, -0.2) is 13.1 Å². The molecule has 0 aromatic heterocycles. The molecule has 128 valence electrons. The number of sulfonamides is 1. The maximum atomic E-state index is 12.9. The Morgan fingerprint density at radius 1 is 1.35 bits per heavy atom. The number of halogens is 3. The Balaban J connectivity index is 3.14. The number of hydrogen-bond acceptors (Lipinski definition) is 5. The number of hydrogen-bond donors (Lipinski definition) is 2. The first kappa shape index (κ1) is 18.8. The number of alkyl halides is 3. The van der Waals surface area contributed by atoms with Crippen molar-refractivity contribution in [2.75, 3.05) is 6.54 Å². The van der Waals surface area contributed by atoms with Gasteiger partial charge in [0, 0.05) is 25.1 Å². The largest absolute Gasteiger partial charge is 0.481 e. The normalized spacial score (nSPS) is 12.1. The summed E-state index contributed by atoms with van der Waals surface area (Å²) in [7, 11) is -4.60. The number of nitro benzene ring substituents is 1. The van der Waals surface area contributed by atoms with Crippen molar-refractivity contribution < 1.29 is 36.4 Å². The first-order valence-electron chi connectivity index (χ1n) is 6.02. The fraction of sp³-hybridized carbons (Fsp3) is 0.364. The van der Waals surface area contributed by atoms with Crippen molar-refractivity contribution in [1.82, 2.24) is 4.72 Å². The molecule has 0 atom stereocenters. The molecule has 0 saturated heterocycles. The van der Waals surface area contributed by atoms with E-state index in [9.17, 15) is 36.5 Å². The molecule has 0 bridgehead atoms. The average Bonchev–Trinajstić information content (AvgIpc) is 2.41. The van der Waals surface area contributed by atoms with Gasteiger partial charge in [0.2, 0.25) is 10.0 Å². The Hall–Kier alpha value is -2.21. The molecule has 0 heterocycles. The van der Waals surface area contributed by atoms with E-state index in [-0.39, 0.29) is 25.5 Å². The number of carbonyl (C=O) groups is 1. The minimum atomic E-state index is -5.11. The van der Waals surface area contributed by atoms with Crippen LogP contribution in [0.1, 0.15) is 18.4 Å². The molecule has 23 heavy (non-hydrogen) atoms. The third-order valence-electron chi connectivity index (χ3n) is 2.63. The molecule has 12 heteroatoms. The second-order valence-electron chi connectivity index (χ2n) is 4.33. The third kappa shape index (κ3) is 5.17. The topological polar surface area (TPSA) is 127 Å². The summed E-state index contributed by atoms with van der Waals surface area (Å²) in [6, 6.07) is 1.26. The standard InChI is InChI=1S/C11H11F3N2O6S/c12-11(13,14)8-6-7(16(19)20)3-4-9(8)23(21,22)15-5-1-2-10(17)18/h3-4,6,15H,1-2,5H2,(H,17,18). The second-order valence-corrected chi connectivity index (χ2v) is 6.07.